The highest BCUT2D eigenvalue weighted by Gasteiger charge is 2.47. The number of nitrogens with two attached hydrogens (primary N) is 1. The number of aromatic nitrogens is 4. The first-order valence-corrected chi connectivity index (χ1v) is 5.93. The Hall–Kier alpha value is -2.01. The van der Waals surface area contributed by atoms with Gasteiger partial charge in [-0.2, -0.15) is 9.55 Å². The van der Waals surface area contributed by atoms with Crippen molar-refractivity contribution in [2.24, 2.45) is 0 Å². The number of hydrogen-bond acceptors (Lipinski definition) is 7. The Bertz CT molecular complexity index is 697. The summed E-state index contributed by atoms with van der Waals surface area (Å²) < 4.78 is 6.66. The Balaban J connectivity index is 2.10. The molecule has 0 aromatic carbocycles. The molecule has 2 aromatic heterocycles. The minimum atomic E-state index is -1.28. The molecule has 4 atom stereocenters. The van der Waals surface area contributed by atoms with Crippen LogP contribution >= 0.6 is 0 Å². The third kappa shape index (κ3) is 1.78. The molecule has 0 aliphatic carbocycles. The van der Waals surface area contributed by atoms with Crippen LogP contribution in [0.2, 0.25) is 0 Å². The van der Waals surface area contributed by atoms with E-state index < -0.39 is 36.7 Å². The summed E-state index contributed by atoms with van der Waals surface area (Å²) in [5.74, 6) is -0.0438. The number of aromatic amines is 2. The van der Waals surface area contributed by atoms with E-state index in [1.807, 2.05) is 0 Å². The Morgan fingerprint density at radius 3 is 2.85 bits per heavy atom. The number of fused-ring (bicyclic) bond motifs is 1. The van der Waals surface area contributed by atoms with E-state index in [1.165, 1.54) is 10.9 Å². The van der Waals surface area contributed by atoms with Gasteiger partial charge in [0, 0.05) is 0 Å². The highest BCUT2D eigenvalue weighted by atomic mass is 16.6. The van der Waals surface area contributed by atoms with Gasteiger partial charge in [0.1, 0.15) is 18.3 Å². The highest BCUT2D eigenvalue weighted by Crippen LogP contribution is 2.25. The molecule has 1 fully saturated rings. The standard InChI is InChI=1S/C10H13N5O5/c11-10-13-7-4(8(19)14-10)15(2-12-7)9-6(18)5(17)3(1-16)20-9/h2-3,5-6,9,16-18H,1H2,(H3,11,13,14,19)/p+1/t3-,5+,6-,9?/m1/s1. The molecule has 0 bridgehead atoms. The van der Waals surface area contributed by atoms with Crippen molar-refractivity contribution < 1.29 is 24.6 Å². The lowest BCUT2D eigenvalue weighted by molar-refractivity contribution is -0.744. The van der Waals surface area contributed by atoms with E-state index >= 15 is 0 Å². The lowest BCUT2D eigenvalue weighted by atomic mass is 10.1. The minimum Gasteiger partial charge on any atom is -0.394 e. The first-order chi connectivity index (χ1) is 9.52. The minimum absolute atomic E-state index is 0.0438. The number of aliphatic hydroxyl groups excluding tert-OH is 3. The number of H-pyrrole nitrogens is 2. The van der Waals surface area contributed by atoms with E-state index in [2.05, 4.69) is 15.0 Å². The van der Waals surface area contributed by atoms with Crippen LogP contribution in [0, 0.1) is 0 Å². The predicted octanol–water partition coefficient (Wildman–Crippen LogP) is -3.27. The van der Waals surface area contributed by atoms with Crippen LogP contribution in [0.5, 0.6) is 0 Å². The van der Waals surface area contributed by atoms with Crippen LogP contribution in [0.4, 0.5) is 5.95 Å². The fourth-order valence-electron chi connectivity index (χ4n) is 2.33. The average molecular weight is 284 g/mol. The van der Waals surface area contributed by atoms with Gasteiger partial charge in [0.25, 0.3) is 11.2 Å². The third-order valence-corrected chi connectivity index (χ3v) is 3.30. The SMILES string of the molecule is Nc1nc2[nH]c[n+](C3O[C@H](CO)[C@H](O)[C@H]3O)c2c(=O)[nH]1. The highest BCUT2D eigenvalue weighted by molar-refractivity contribution is 5.65. The van der Waals surface area contributed by atoms with Crippen molar-refractivity contribution in [1.29, 1.82) is 0 Å². The number of imidazole rings is 1. The fraction of sp³-hybridized carbons (Fsp3) is 0.500. The van der Waals surface area contributed by atoms with E-state index in [0.29, 0.717) is 0 Å². The lowest BCUT2D eigenvalue weighted by Gasteiger charge is -2.11. The van der Waals surface area contributed by atoms with Crippen LogP contribution in [-0.2, 0) is 4.74 Å². The summed E-state index contributed by atoms with van der Waals surface area (Å²) >= 11 is 0. The van der Waals surface area contributed by atoms with Gasteiger partial charge in [-0.3, -0.25) is 9.78 Å². The van der Waals surface area contributed by atoms with Crippen molar-refractivity contribution >= 4 is 17.1 Å². The van der Waals surface area contributed by atoms with Crippen molar-refractivity contribution in [2.75, 3.05) is 12.3 Å². The molecule has 3 rings (SSSR count). The van der Waals surface area contributed by atoms with Crippen molar-refractivity contribution in [3.63, 3.8) is 0 Å². The van der Waals surface area contributed by atoms with Crippen LogP contribution < -0.4 is 15.9 Å². The molecule has 1 saturated heterocycles. The van der Waals surface area contributed by atoms with Crippen LogP contribution in [0.15, 0.2) is 11.1 Å². The molecule has 0 radical (unpaired) electrons. The fourth-order valence-corrected chi connectivity index (χ4v) is 2.33. The van der Waals surface area contributed by atoms with Crippen LogP contribution in [-0.4, -0.2) is 55.2 Å². The van der Waals surface area contributed by atoms with Crippen LogP contribution in [0.1, 0.15) is 6.23 Å². The summed E-state index contributed by atoms with van der Waals surface area (Å²) in [5, 5.41) is 28.8. The van der Waals surface area contributed by atoms with Crippen LogP contribution in [0.3, 0.4) is 0 Å². The number of ether oxygens (including phenoxy) is 1. The monoisotopic (exact) mass is 284 g/mol. The maximum atomic E-state index is 11.9. The summed E-state index contributed by atoms with van der Waals surface area (Å²) in [6, 6.07) is 0. The summed E-state index contributed by atoms with van der Waals surface area (Å²) in [5.41, 5.74) is 5.27. The normalized spacial score (nSPS) is 30.1. The van der Waals surface area contributed by atoms with E-state index in [1.54, 1.807) is 0 Å². The zero-order chi connectivity index (χ0) is 14.4. The summed E-state index contributed by atoms with van der Waals surface area (Å²) in [6.07, 6.45) is -3.08. The zero-order valence-electron chi connectivity index (χ0n) is 10.2. The second kappa shape index (κ2) is 4.52. The number of nitrogens with one attached hydrogen (secondary N) is 2. The number of nitrogens with zero attached hydrogens (tertiary/aromatic N) is 2. The molecule has 1 aliphatic heterocycles. The summed E-state index contributed by atoms with van der Waals surface area (Å²) in [6.45, 7) is -0.445. The number of rotatable bonds is 2. The molecule has 108 valence electrons. The van der Waals surface area contributed by atoms with Gasteiger partial charge in [-0.15, -0.1) is 0 Å². The molecule has 2 aromatic rings. The van der Waals surface area contributed by atoms with Crippen LogP contribution in [0.25, 0.3) is 11.2 Å². The molecule has 1 unspecified atom stereocenters. The Labute approximate surface area is 111 Å². The maximum Gasteiger partial charge on any atom is 0.304 e. The molecule has 10 nitrogen and oxygen atoms in total. The van der Waals surface area contributed by atoms with E-state index in [0.717, 1.165) is 0 Å². The molecular formula is C10H14N5O5+. The Kier molecular flexibility index (Phi) is 2.94. The van der Waals surface area contributed by atoms with Crippen molar-refractivity contribution in [1.82, 2.24) is 15.0 Å². The topological polar surface area (TPSA) is 161 Å². The third-order valence-electron chi connectivity index (χ3n) is 3.30. The number of anilines is 1. The van der Waals surface area contributed by atoms with E-state index in [-0.39, 0.29) is 17.1 Å². The van der Waals surface area contributed by atoms with E-state index in [4.69, 9.17) is 15.6 Å². The van der Waals surface area contributed by atoms with Gasteiger partial charge in [0.05, 0.1) is 6.61 Å². The quantitative estimate of drug-likeness (QED) is 0.315. The zero-order valence-corrected chi connectivity index (χ0v) is 10.2. The van der Waals surface area contributed by atoms with Gasteiger partial charge in [0.2, 0.25) is 18.5 Å². The largest absolute Gasteiger partial charge is 0.394 e. The first kappa shape index (κ1) is 13.0. The van der Waals surface area contributed by atoms with Gasteiger partial charge in [0.15, 0.2) is 0 Å². The second-order valence-electron chi connectivity index (χ2n) is 4.56. The van der Waals surface area contributed by atoms with Gasteiger partial charge < -0.3 is 25.8 Å². The molecule has 7 N–H and O–H groups in total. The Morgan fingerprint density at radius 1 is 1.45 bits per heavy atom. The lowest BCUT2D eigenvalue weighted by Crippen LogP contribution is -2.47. The summed E-state index contributed by atoms with van der Waals surface area (Å²) in [4.78, 5) is 20.9. The molecule has 1 aliphatic rings. The number of aliphatic hydroxyl groups is 3. The average Bonchev–Trinajstić information content (AvgIpc) is 2.93. The van der Waals surface area contributed by atoms with E-state index in [9.17, 15) is 15.0 Å². The molecule has 10 heteroatoms. The van der Waals surface area contributed by atoms with Gasteiger partial charge >= 0.3 is 5.56 Å². The Morgan fingerprint density at radius 2 is 2.20 bits per heavy atom. The number of hydrogen-bond donors (Lipinski definition) is 6. The molecule has 0 amide bonds. The molecule has 0 spiro atoms. The maximum absolute atomic E-state index is 11.9. The van der Waals surface area contributed by atoms with Gasteiger partial charge in [-0.25, -0.2) is 4.98 Å². The number of nitrogen functional groups attached to an aromatic ring is 1. The molecular weight excluding hydrogens is 270 g/mol. The molecule has 3 heterocycles. The summed E-state index contributed by atoms with van der Waals surface area (Å²) in [7, 11) is 0. The van der Waals surface area contributed by atoms with Gasteiger partial charge in [-0.05, 0) is 0 Å². The smallest absolute Gasteiger partial charge is 0.304 e. The predicted molar refractivity (Wildman–Crippen MR) is 64.3 cm³/mol. The van der Waals surface area contributed by atoms with Crippen molar-refractivity contribution in [3.05, 3.63) is 16.7 Å². The molecule has 0 saturated carbocycles. The van der Waals surface area contributed by atoms with Gasteiger partial charge in [-0.1, -0.05) is 0 Å². The second-order valence-corrected chi connectivity index (χ2v) is 4.56. The molecule has 20 heavy (non-hydrogen) atoms. The first-order valence-electron chi connectivity index (χ1n) is 5.93. The van der Waals surface area contributed by atoms with Crippen molar-refractivity contribution in [2.45, 2.75) is 24.5 Å². The van der Waals surface area contributed by atoms with Crippen molar-refractivity contribution in [3.8, 4) is 0 Å².